The molecule has 1 fully saturated rings. The zero-order valence-electron chi connectivity index (χ0n) is 12.2. The van der Waals surface area contributed by atoms with Crippen molar-refractivity contribution in [2.75, 3.05) is 20.2 Å². The minimum Gasteiger partial charge on any atom is -0.495 e. The minimum atomic E-state index is -3.92. The Hall–Kier alpha value is -1.67. The van der Waals surface area contributed by atoms with Crippen LogP contribution in [0.4, 0.5) is 4.39 Å². The van der Waals surface area contributed by atoms with E-state index in [1.165, 1.54) is 11.4 Å². The molecule has 0 radical (unpaired) electrons. The molecule has 22 heavy (non-hydrogen) atoms. The molecule has 0 saturated carbocycles. The van der Waals surface area contributed by atoms with Crippen LogP contribution >= 0.6 is 0 Å². The summed E-state index contributed by atoms with van der Waals surface area (Å²) in [5.74, 6) is -2.74. The standard InChI is InChI=1S/C14H18FNO5S/c1-21-12-9-11(15)10(14(17)18)8-13(12)22(19,20)16-6-4-2-3-5-7-16/h8-9H,2-7H2,1H3,(H,17,18). The number of hydrogen-bond donors (Lipinski definition) is 1. The third-order valence-electron chi connectivity index (χ3n) is 3.67. The van der Waals surface area contributed by atoms with Crippen LogP contribution in [-0.4, -0.2) is 44.0 Å². The van der Waals surface area contributed by atoms with Gasteiger partial charge in [-0.2, -0.15) is 4.31 Å². The molecule has 0 atom stereocenters. The lowest BCUT2D eigenvalue weighted by Gasteiger charge is -2.21. The molecule has 2 rings (SSSR count). The first-order valence-electron chi connectivity index (χ1n) is 6.99. The van der Waals surface area contributed by atoms with E-state index in [1.54, 1.807) is 0 Å². The van der Waals surface area contributed by atoms with Gasteiger partial charge in [-0.3, -0.25) is 0 Å². The number of sulfonamides is 1. The number of carboxylic acid groups (broad SMARTS) is 1. The number of benzene rings is 1. The van der Waals surface area contributed by atoms with E-state index in [0.29, 0.717) is 13.1 Å². The average Bonchev–Trinajstić information content (AvgIpc) is 2.75. The van der Waals surface area contributed by atoms with Gasteiger partial charge in [0.25, 0.3) is 0 Å². The topological polar surface area (TPSA) is 83.9 Å². The van der Waals surface area contributed by atoms with Crippen LogP contribution in [0.5, 0.6) is 5.75 Å². The summed E-state index contributed by atoms with van der Waals surface area (Å²) < 4.78 is 45.4. The zero-order valence-corrected chi connectivity index (χ0v) is 13.0. The van der Waals surface area contributed by atoms with Crippen LogP contribution in [0.1, 0.15) is 36.0 Å². The van der Waals surface area contributed by atoms with Gasteiger partial charge in [0.05, 0.1) is 12.7 Å². The molecule has 0 amide bonds. The van der Waals surface area contributed by atoms with E-state index in [9.17, 15) is 17.6 Å². The largest absolute Gasteiger partial charge is 0.495 e. The molecule has 0 aliphatic carbocycles. The molecule has 1 aliphatic rings. The summed E-state index contributed by atoms with van der Waals surface area (Å²) in [5.41, 5.74) is -0.686. The highest BCUT2D eigenvalue weighted by Gasteiger charge is 2.30. The van der Waals surface area contributed by atoms with Gasteiger partial charge >= 0.3 is 5.97 Å². The molecule has 0 aromatic heterocycles. The number of aromatic carboxylic acids is 1. The number of carboxylic acids is 1. The Balaban J connectivity index is 2.53. The van der Waals surface area contributed by atoms with Crippen LogP contribution in [0.3, 0.4) is 0 Å². The highest BCUT2D eigenvalue weighted by Crippen LogP contribution is 2.30. The van der Waals surface area contributed by atoms with Gasteiger partial charge in [-0.15, -0.1) is 0 Å². The number of hydrogen-bond acceptors (Lipinski definition) is 4. The third-order valence-corrected chi connectivity index (χ3v) is 5.59. The Morgan fingerprint density at radius 1 is 1.23 bits per heavy atom. The number of ether oxygens (including phenoxy) is 1. The van der Waals surface area contributed by atoms with Crippen molar-refractivity contribution >= 4 is 16.0 Å². The van der Waals surface area contributed by atoms with Gasteiger partial charge in [0.1, 0.15) is 16.5 Å². The molecule has 1 heterocycles. The number of halogens is 1. The van der Waals surface area contributed by atoms with Crippen molar-refractivity contribution in [1.29, 1.82) is 0 Å². The predicted octanol–water partition coefficient (Wildman–Crippen LogP) is 2.10. The number of nitrogens with zero attached hydrogens (tertiary/aromatic N) is 1. The van der Waals surface area contributed by atoms with Crippen LogP contribution in [0, 0.1) is 5.82 Å². The molecule has 6 nitrogen and oxygen atoms in total. The van der Waals surface area contributed by atoms with Crippen LogP contribution in [-0.2, 0) is 10.0 Å². The van der Waals surface area contributed by atoms with Crippen LogP contribution in [0.25, 0.3) is 0 Å². The van der Waals surface area contributed by atoms with Crippen molar-refractivity contribution < 1.29 is 27.4 Å². The second kappa shape index (κ2) is 6.62. The highest BCUT2D eigenvalue weighted by molar-refractivity contribution is 7.89. The second-order valence-electron chi connectivity index (χ2n) is 5.11. The molecular formula is C14H18FNO5S. The summed E-state index contributed by atoms with van der Waals surface area (Å²) in [6.45, 7) is 0.733. The first kappa shape index (κ1) is 16.7. The lowest BCUT2D eigenvalue weighted by atomic mass is 10.2. The zero-order chi connectivity index (χ0) is 16.3. The van der Waals surface area contributed by atoms with Gasteiger partial charge in [0.2, 0.25) is 10.0 Å². The number of methoxy groups -OCH3 is 1. The first-order valence-corrected chi connectivity index (χ1v) is 8.43. The first-order chi connectivity index (χ1) is 10.4. The molecule has 8 heteroatoms. The van der Waals surface area contributed by atoms with Gasteiger partial charge in [0, 0.05) is 19.2 Å². The maximum absolute atomic E-state index is 13.7. The van der Waals surface area contributed by atoms with Gasteiger partial charge < -0.3 is 9.84 Å². The lowest BCUT2D eigenvalue weighted by molar-refractivity contribution is 0.0691. The number of carbonyl (C=O) groups is 1. The van der Waals surface area contributed by atoms with E-state index < -0.39 is 27.4 Å². The van der Waals surface area contributed by atoms with Crippen LogP contribution < -0.4 is 4.74 Å². The van der Waals surface area contributed by atoms with E-state index >= 15 is 0 Å². The van der Waals surface area contributed by atoms with Crippen molar-refractivity contribution in [3.05, 3.63) is 23.5 Å². The average molecular weight is 331 g/mol. The Labute approximate surface area is 128 Å². The molecule has 1 saturated heterocycles. The quantitative estimate of drug-likeness (QED) is 0.913. The predicted molar refractivity (Wildman–Crippen MR) is 77.1 cm³/mol. The molecule has 1 aromatic carbocycles. The van der Waals surface area contributed by atoms with Crippen molar-refractivity contribution in [3.8, 4) is 5.75 Å². The smallest absolute Gasteiger partial charge is 0.338 e. The van der Waals surface area contributed by atoms with E-state index in [1.807, 2.05) is 0 Å². The fourth-order valence-electron chi connectivity index (χ4n) is 2.48. The summed E-state index contributed by atoms with van der Waals surface area (Å²) in [5, 5.41) is 8.99. The summed E-state index contributed by atoms with van der Waals surface area (Å²) in [6.07, 6.45) is 3.39. The van der Waals surface area contributed by atoms with Crippen LogP contribution in [0.15, 0.2) is 17.0 Å². The Morgan fingerprint density at radius 3 is 2.32 bits per heavy atom. The van der Waals surface area contributed by atoms with Crippen molar-refractivity contribution in [1.82, 2.24) is 4.31 Å². The highest BCUT2D eigenvalue weighted by atomic mass is 32.2. The maximum atomic E-state index is 13.7. The molecule has 122 valence electrons. The van der Waals surface area contributed by atoms with Gasteiger partial charge in [-0.1, -0.05) is 12.8 Å². The summed E-state index contributed by atoms with van der Waals surface area (Å²) in [7, 11) is -2.70. The van der Waals surface area contributed by atoms with Crippen molar-refractivity contribution in [2.24, 2.45) is 0 Å². The molecule has 1 aliphatic heterocycles. The fraction of sp³-hybridized carbons (Fsp3) is 0.500. The summed E-state index contributed by atoms with van der Waals surface area (Å²) in [6, 6.07) is 1.63. The summed E-state index contributed by atoms with van der Waals surface area (Å²) in [4.78, 5) is 10.7. The third kappa shape index (κ3) is 3.22. The monoisotopic (exact) mass is 331 g/mol. The molecular weight excluding hydrogens is 313 g/mol. The fourth-order valence-corrected chi connectivity index (χ4v) is 4.16. The van der Waals surface area contributed by atoms with E-state index in [2.05, 4.69) is 0 Å². The molecule has 0 unspecified atom stereocenters. The van der Waals surface area contributed by atoms with Crippen molar-refractivity contribution in [3.63, 3.8) is 0 Å². The van der Waals surface area contributed by atoms with Crippen molar-refractivity contribution in [2.45, 2.75) is 30.6 Å². The number of rotatable bonds is 4. The SMILES string of the molecule is COc1cc(F)c(C(=O)O)cc1S(=O)(=O)N1CCCCCC1. The molecule has 0 bridgehead atoms. The summed E-state index contributed by atoms with van der Waals surface area (Å²) >= 11 is 0. The van der Waals surface area contributed by atoms with Gasteiger partial charge in [0.15, 0.2) is 0 Å². The minimum absolute atomic E-state index is 0.188. The Kier molecular flexibility index (Phi) is 5.02. The molecule has 1 aromatic rings. The second-order valence-corrected chi connectivity index (χ2v) is 7.01. The Bertz CT molecular complexity index is 666. The molecule has 1 N–H and O–H groups in total. The van der Waals surface area contributed by atoms with Gasteiger partial charge in [-0.05, 0) is 18.9 Å². The normalized spacial score (nSPS) is 17.0. The van der Waals surface area contributed by atoms with E-state index in [4.69, 9.17) is 9.84 Å². The molecule has 0 spiro atoms. The Morgan fingerprint density at radius 2 is 1.82 bits per heavy atom. The van der Waals surface area contributed by atoms with E-state index in [0.717, 1.165) is 37.8 Å². The van der Waals surface area contributed by atoms with Crippen LogP contribution in [0.2, 0.25) is 0 Å². The van der Waals surface area contributed by atoms with E-state index in [-0.39, 0.29) is 10.6 Å². The van der Waals surface area contributed by atoms with Gasteiger partial charge in [-0.25, -0.2) is 17.6 Å². The lowest BCUT2D eigenvalue weighted by Crippen LogP contribution is -2.32. The maximum Gasteiger partial charge on any atom is 0.338 e.